The summed E-state index contributed by atoms with van der Waals surface area (Å²) in [5.41, 5.74) is 1.71. The molecule has 17 heavy (non-hydrogen) atoms. The summed E-state index contributed by atoms with van der Waals surface area (Å²) in [7, 11) is 0. The lowest BCUT2D eigenvalue weighted by molar-refractivity contribution is 0.278. The Labute approximate surface area is 105 Å². The Kier molecular flexibility index (Phi) is 3.96. The number of ether oxygens (including phenoxy) is 1. The molecule has 0 amide bonds. The highest BCUT2D eigenvalue weighted by atomic mass is 35.5. The van der Waals surface area contributed by atoms with E-state index in [0.717, 1.165) is 11.1 Å². The average Bonchev–Trinajstić information content (AvgIpc) is 2.38. The van der Waals surface area contributed by atoms with Crippen molar-refractivity contribution in [2.75, 3.05) is 0 Å². The Morgan fingerprint density at radius 2 is 2.18 bits per heavy atom. The minimum absolute atomic E-state index is 0.00716. The normalized spacial score (nSPS) is 10.2. The van der Waals surface area contributed by atoms with Gasteiger partial charge in [-0.2, -0.15) is 0 Å². The van der Waals surface area contributed by atoms with E-state index in [2.05, 4.69) is 4.98 Å². The number of hydrogen-bond donors (Lipinski definition) is 1. The van der Waals surface area contributed by atoms with Crippen molar-refractivity contribution in [3.05, 3.63) is 58.9 Å². The molecule has 0 aliphatic carbocycles. The minimum atomic E-state index is 0.00716. The van der Waals surface area contributed by atoms with Gasteiger partial charge >= 0.3 is 0 Å². The molecule has 88 valence electrons. The Hall–Kier alpha value is -1.58. The first-order valence-corrected chi connectivity index (χ1v) is 5.58. The highest BCUT2D eigenvalue weighted by molar-refractivity contribution is 6.31. The topological polar surface area (TPSA) is 42.4 Å². The second-order valence-electron chi connectivity index (χ2n) is 3.56. The van der Waals surface area contributed by atoms with E-state index in [0.29, 0.717) is 17.4 Å². The molecule has 1 heterocycles. The van der Waals surface area contributed by atoms with Gasteiger partial charge in [-0.3, -0.25) is 4.98 Å². The molecular weight excluding hydrogens is 238 g/mol. The lowest BCUT2D eigenvalue weighted by Crippen LogP contribution is -1.97. The lowest BCUT2D eigenvalue weighted by Gasteiger charge is -2.08. The average molecular weight is 250 g/mol. The predicted molar refractivity (Wildman–Crippen MR) is 65.9 cm³/mol. The van der Waals surface area contributed by atoms with Crippen LogP contribution in [-0.2, 0) is 13.2 Å². The fourth-order valence-corrected chi connectivity index (χ4v) is 1.59. The molecule has 1 aromatic carbocycles. The van der Waals surface area contributed by atoms with Gasteiger partial charge < -0.3 is 9.84 Å². The number of aliphatic hydroxyl groups excluding tert-OH is 1. The van der Waals surface area contributed by atoms with Crippen LogP contribution in [0.15, 0.2) is 42.7 Å². The third kappa shape index (κ3) is 3.19. The number of halogens is 1. The molecule has 0 bridgehead atoms. The van der Waals surface area contributed by atoms with Gasteiger partial charge in [0.15, 0.2) is 0 Å². The summed E-state index contributed by atoms with van der Waals surface area (Å²) in [5.74, 6) is 0.712. The summed E-state index contributed by atoms with van der Waals surface area (Å²) in [6.07, 6.45) is 3.26. The number of pyridine rings is 1. The third-order valence-electron chi connectivity index (χ3n) is 2.33. The molecule has 0 saturated carbocycles. The summed E-state index contributed by atoms with van der Waals surface area (Å²) < 4.78 is 5.59. The Balaban J connectivity index is 2.05. The molecular formula is C13H12ClNO2. The van der Waals surface area contributed by atoms with Crippen LogP contribution >= 0.6 is 11.6 Å². The lowest BCUT2D eigenvalue weighted by atomic mass is 10.2. The van der Waals surface area contributed by atoms with Crippen LogP contribution in [0.1, 0.15) is 11.1 Å². The van der Waals surface area contributed by atoms with E-state index in [1.165, 1.54) is 0 Å². The minimum Gasteiger partial charge on any atom is -0.489 e. The van der Waals surface area contributed by atoms with Gasteiger partial charge in [0.05, 0.1) is 11.6 Å². The van der Waals surface area contributed by atoms with Gasteiger partial charge in [-0.25, -0.2) is 0 Å². The highest BCUT2D eigenvalue weighted by Gasteiger charge is 2.01. The second kappa shape index (κ2) is 5.66. The van der Waals surface area contributed by atoms with Crippen LogP contribution in [0.2, 0.25) is 5.02 Å². The standard InChI is InChI=1S/C13H12ClNO2/c14-13-7-15-5-4-11(13)9-17-12-3-1-2-10(6-12)8-16/h1-7,16H,8-9H2. The first-order valence-electron chi connectivity index (χ1n) is 5.20. The van der Waals surface area contributed by atoms with Crippen molar-refractivity contribution in [2.45, 2.75) is 13.2 Å². The van der Waals surface area contributed by atoms with Crippen LogP contribution in [0, 0.1) is 0 Å². The molecule has 1 N–H and O–H groups in total. The van der Waals surface area contributed by atoms with Crippen molar-refractivity contribution >= 4 is 11.6 Å². The van der Waals surface area contributed by atoms with Gasteiger partial charge in [-0.15, -0.1) is 0 Å². The predicted octanol–water partition coefficient (Wildman–Crippen LogP) is 2.81. The zero-order valence-electron chi connectivity index (χ0n) is 9.14. The molecule has 0 radical (unpaired) electrons. The SMILES string of the molecule is OCc1cccc(OCc2ccncc2Cl)c1. The molecule has 0 fully saturated rings. The Morgan fingerprint density at radius 3 is 2.94 bits per heavy atom. The zero-order valence-corrected chi connectivity index (χ0v) is 9.89. The first kappa shape index (κ1) is 11.9. The zero-order chi connectivity index (χ0) is 12.1. The van der Waals surface area contributed by atoms with Crippen LogP contribution in [0.4, 0.5) is 0 Å². The maximum atomic E-state index is 9.01. The van der Waals surface area contributed by atoms with E-state index < -0.39 is 0 Å². The molecule has 3 nitrogen and oxygen atoms in total. The summed E-state index contributed by atoms with van der Waals surface area (Å²) in [6, 6.07) is 9.14. The number of hydrogen-bond acceptors (Lipinski definition) is 3. The summed E-state index contributed by atoms with van der Waals surface area (Å²) in [4.78, 5) is 3.91. The molecule has 0 unspecified atom stereocenters. The van der Waals surface area contributed by atoms with Crippen molar-refractivity contribution in [2.24, 2.45) is 0 Å². The molecule has 1 aromatic heterocycles. The van der Waals surface area contributed by atoms with Crippen molar-refractivity contribution in [1.29, 1.82) is 0 Å². The van der Waals surface area contributed by atoms with Crippen LogP contribution in [0.25, 0.3) is 0 Å². The molecule has 0 spiro atoms. The largest absolute Gasteiger partial charge is 0.489 e. The summed E-state index contributed by atoms with van der Waals surface area (Å²) in [5, 5.41) is 9.60. The maximum Gasteiger partial charge on any atom is 0.120 e. The summed E-state index contributed by atoms with van der Waals surface area (Å²) in [6.45, 7) is 0.392. The van der Waals surface area contributed by atoms with Gasteiger partial charge in [0.1, 0.15) is 12.4 Å². The van der Waals surface area contributed by atoms with Crippen molar-refractivity contribution in [1.82, 2.24) is 4.98 Å². The van der Waals surface area contributed by atoms with Crippen LogP contribution in [0.3, 0.4) is 0 Å². The second-order valence-corrected chi connectivity index (χ2v) is 3.97. The van der Waals surface area contributed by atoms with E-state index in [4.69, 9.17) is 21.4 Å². The van der Waals surface area contributed by atoms with Gasteiger partial charge in [-0.05, 0) is 23.8 Å². The number of nitrogens with zero attached hydrogens (tertiary/aromatic N) is 1. The number of aromatic nitrogens is 1. The van der Waals surface area contributed by atoms with Gasteiger partial charge in [-0.1, -0.05) is 23.7 Å². The van der Waals surface area contributed by atoms with E-state index in [9.17, 15) is 0 Å². The molecule has 0 atom stereocenters. The first-order chi connectivity index (χ1) is 8.29. The van der Waals surface area contributed by atoms with Crippen molar-refractivity contribution in [3.8, 4) is 5.75 Å². The fourth-order valence-electron chi connectivity index (χ4n) is 1.42. The molecule has 0 saturated heterocycles. The van der Waals surface area contributed by atoms with Gasteiger partial charge in [0.25, 0.3) is 0 Å². The van der Waals surface area contributed by atoms with Crippen LogP contribution in [-0.4, -0.2) is 10.1 Å². The Bertz CT molecular complexity index is 502. The highest BCUT2D eigenvalue weighted by Crippen LogP contribution is 2.18. The number of benzene rings is 1. The fraction of sp³-hybridized carbons (Fsp3) is 0.154. The van der Waals surface area contributed by atoms with Crippen LogP contribution in [0.5, 0.6) is 5.75 Å². The van der Waals surface area contributed by atoms with E-state index in [1.54, 1.807) is 18.5 Å². The molecule has 4 heteroatoms. The maximum absolute atomic E-state index is 9.01. The number of rotatable bonds is 4. The molecule has 0 aliphatic rings. The third-order valence-corrected chi connectivity index (χ3v) is 2.67. The Morgan fingerprint density at radius 1 is 1.29 bits per heavy atom. The molecule has 2 aromatic rings. The monoisotopic (exact) mass is 249 g/mol. The summed E-state index contributed by atoms with van der Waals surface area (Å²) >= 11 is 5.97. The van der Waals surface area contributed by atoms with Crippen molar-refractivity contribution in [3.63, 3.8) is 0 Å². The van der Waals surface area contributed by atoms with Crippen molar-refractivity contribution < 1.29 is 9.84 Å². The smallest absolute Gasteiger partial charge is 0.120 e. The van der Waals surface area contributed by atoms with E-state index in [-0.39, 0.29) is 6.61 Å². The van der Waals surface area contributed by atoms with Crippen LogP contribution < -0.4 is 4.74 Å². The molecule has 2 rings (SSSR count). The molecule has 0 aliphatic heterocycles. The quantitative estimate of drug-likeness (QED) is 0.906. The van der Waals surface area contributed by atoms with E-state index >= 15 is 0 Å². The van der Waals surface area contributed by atoms with Gasteiger partial charge in [0.2, 0.25) is 0 Å². The number of aliphatic hydroxyl groups is 1. The van der Waals surface area contributed by atoms with Gasteiger partial charge in [0, 0.05) is 18.0 Å². The van der Waals surface area contributed by atoms with E-state index in [1.807, 2.05) is 24.3 Å².